The summed E-state index contributed by atoms with van der Waals surface area (Å²) in [5.74, 6) is -0.287. The van der Waals surface area contributed by atoms with Crippen LogP contribution in [0.5, 0.6) is 0 Å². The molecule has 0 spiro atoms. The molecule has 1 aromatic carbocycles. The minimum absolute atomic E-state index is 0.111. The summed E-state index contributed by atoms with van der Waals surface area (Å²) in [4.78, 5) is 24.2. The second-order valence-corrected chi connectivity index (χ2v) is 5.27. The summed E-state index contributed by atoms with van der Waals surface area (Å²) in [5, 5.41) is 0. The molecule has 2 heteroatoms. The first kappa shape index (κ1) is 16.6. The molecule has 20 heavy (non-hydrogen) atoms. The monoisotopic (exact) mass is 274 g/mol. The van der Waals surface area contributed by atoms with E-state index in [1.807, 2.05) is 39.0 Å². The third-order valence-corrected chi connectivity index (χ3v) is 4.27. The zero-order valence-corrected chi connectivity index (χ0v) is 13.2. The highest BCUT2D eigenvalue weighted by Gasteiger charge is 2.47. The quantitative estimate of drug-likeness (QED) is 0.772. The number of carbonyl (C=O) groups excluding carboxylic acids is 2. The summed E-state index contributed by atoms with van der Waals surface area (Å²) in [6, 6.07) is 10.1. The van der Waals surface area contributed by atoms with Crippen LogP contribution in [0.1, 0.15) is 52.5 Å². The Hall–Kier alpha value is -1.44. The highest BCUT2D eigenvalue weighted by molar-refractivity contribution is 6.11. The van der Waals surface area contributed by atoms with Crippen molar-refractivity contribution in [3.05, 3.63) is 35.9 Å². The SMILES string of the molecule is CC.CCC(c1ccccc1)C1C(=O)C(C)C(=O)C1C. The lowest BCUT2D eigenvalue weighted by Gasteiger charge is -2.24. The van der Waals surface area contributed by atoms with Gasteiger partial charge in [0, 0.05) is 11.8 Å². The van der Waals surface area contributed by atoms with E-state index < -0.39 is 5.92 Å². The number of hydrogen-bond donors (Lipinski definition) is 0. The second kappa shape index (κ2) is 7.37. The standard InChI is InChI=1S/C16H20O2.C2H6/c1-4-13(12-8-6-5-7-9-12)14-10(2)15(17)11(3)16(14)18;1-2/h5-11,13-14H,4H2,1-3H3;1-2H3. The van der Waals surface area contributed by atoms with E-state index in [4.69, 9.17) is 0 Å². The van der Waals surface area contributed by atoms with Crippen LogP contribution in [0.25, 0.3) is 0 Å². The summed E-state index contributed by atoms with van der Waals surface area (Å²) >= 11 is 0. The summed E-state index contributed by atoms with van der Waals surface area (Å²) in [6.07, 6.45) is 0.894. The van der Waals surface area contributed by atoms with E-state index >= 15 is 0 Å². The van der Waals surface area contributed by atoms with E-state index in [2.05, 4.69) is 19.1 Å². The van der Waals surface area contributed by atoms with Gasteiger partial charge in [-0.05, 0) is 24.8 Å². The van der Waals surface area contributed by atoms with Crippen molar-refractivity contribution in [3.63, 3.8) is 0 Å². The first-order valence-electron chi connectivity index (χ1n) is 7.70. The molecule has 0 bridgehead atoms. The van der Waals surface area contributed by atoms with Crippen LogP contribution in [-0.2, 0) is 9.59 Å². The molecule has 110 valence electrons. The Morgan fingerprint density at radius 3 is 1.95 bits per heavy atom. The molecular formula is C18H26O2. The minimum Gasteiger partial charge on any atom is -0.299 e. The lowest BCUT2D eigenvalue weighted by molar-refractivity contribution is -0.127. The van der Waals surface area contributed by atoms with Crippen molar-refractivity contribution >= 4 is 11.6 Å². The van der Waals surface area contributed by atoms with Gasteiger partial charge in [-0.2, -0.15) is 0 Å². The zero-order chi connectivity index (χ0) is 15.3. The van der Waals surface area contributed by atoms with Crippen LogP contribution < -0.4 is 0 Å². The predicted molar refractivity (Wildman–Crippen MR) is 82.7 cm³/mol. The zero-order valence-electron chi connectivity index (χ0n) is 13.2. The molecule has 2 rings (SSSR count). The fourth-order valence-corrected chi connectivity index (χ4v) is 3.19. The van der Waals surface area contributed by atoms with Gasteiger partial charge in [-0.3, -0.25) is 9.59 Å². The normalized spacial score (nSPS) is 26.9. The molecular weight excluding hydrogens is 248 g/mol. The molecule has 0 heterocycles. The van der Waals surface area contributed by atoms with Crippen molar-refractivity contribution in [3.8, 4) is 0 Å². The Bertz CT molecular complexity index is 450. The fourth-order valence-electron chi connectivity index (χ4n) is 3.19. The Balaban J connectivity index is 0.000000956. The lowest BCUT2D eigenvalue weighted by atomic mass is 9.78. The van der Waals surface area contributed by atoms with Gasteiger partial charge in [0.05, 0.1) is 5.92 Å². The van der Waals surface area contributed by atoms with E-state index in [1.165, 1.54) is 5.56 Å². The topological polar surface area (TPSA) is 34.1 Å². The Morgan fingerprint density at radius 1 is 1.00 bits per heavy atom. The molecule has 0 radical (unpaired) electrons. The maximum atomic E-state index is 12.3. The van der Waals surface area contributed by atoms with Gasteiger partial charge in [0.2, 0.25) is 0 Å². The molecule has 1 saturated carbocycles. The highest BCUT2D eigenvalue weighted by atomic mass is 16.2. The number of hydrogen-bond acceptors (Lipinski definition) is 2. The first-order valence-corrected chi connectivity index (χ1v) is 7.70. The van der Waals surface area contributed by atoms with E-state index in [-0.39, 0.29) is 29.3 Å². The second-order valence-electron chi connectivity index (χ2n) is 5.27. The summed E-state index contributed by atoms with van der Waals surface area (Å²) in [6.45, 7) is 9.74. The molecule has 1 aromatic rings. The highest BCUT2D eigenvalue weighted by Crippen LogP contribution is 2.41. The van der Waals surface area contributed by atoms with Gasteiger partial charge in [-0.15, -0.1) is 0 Å². The average Bonchev–Trinajstić information content (AvgIpc) is 2.69. The Labute approximate surface area is 122 Å². The van der Waals surface area contributed by atoms with Crippen molar-refractivity contribution in [1.82, 2.24) is 0 Å². The average molecular weight is 274 g/mol. The van der Waals surface area contributed by atoms with Gasteiger partial charge in [0.25, 0.3) is 0 Å². The number of carbonyl (C=O) groups is 2. The molecule has 1 fully saturated rings. The predicted octanol–water partition coefficient (Wildman–Crippen LogP) is 4.25. The fraction of sp³-hybridized carbons (Fsp3) is 0.556. The first-order chi connectivity index (χ1) is 9.57. The Kier molecular flexibility index (Phi) is 6.12. The van der Waals surface area contributed by atoms with Crippen molar-refractivity contribution < 1.29 is 9.59 Å². The van der Waals surface area contributed by atoms with Gasteiger partial charge in [0.1, 0.15) is 11.6 Å². The molecule has 1 aliphatic carbocycles. The van der Waals surface area contributed by atoms with Gasteiger partial charge in [-0.25, -0.2) is 0 Å². The number of benzene rings is 1. The van der Waals surface area contributed by atoms with Crippen LogP contribution in [0.2, 0.25) is 0 Å². The smallest absolute Gasteiger partial charge is 0.147 e. The van der Waals surface area contributed by atoms with E-state index in [9.17, 15) is 9.59 Å². The lowest BCUT2D eigenvalue weighted by Crippen LogP contribution is -2.23. The molecule has 1 aliphatic rings. The maximum absolute atomic E-state index is 12.3. The molecule has 0 N–H and O–H groups in total. The molecule has 2 nitrogen and oxygen atoms in total. The maximum Gasteiger partial charge on any atom is 0.147 e. The molecule has 0 aromatic heterocycles. The van der Waals surface area contributed by atoms with Gasteiger partial charge >= 0.3 is 0 Å². The summed E-state index contributed by atoms with van der Waals surface area (Å²) in [5.41, 5.74) is 1.17. The molecule has 4 atom stereocenters. The summed E-state index contributed by atoms with van der Waals surface area (Å²) < 4.78 is 0. The third-order valence-electron chi connectivity index (χ3n) is 4.27. The van der Waals surface area contributed by atoms with Crippen molar-refractivity contribution in [1.29, 1.82) is 0 Å². The van der Waals surface area contributed by atoms with Crippen LogP contribution >= 0.6 is 0 Å². The van der Waals surface area contributed by atoms with Gasteiger partial charge in [0.15, 0.2) is 0 Å². The van der Waals surface area contributed by atoms with Gasteiger partial charge in [-0.1, -0.05) is 58.0 Å². The summed E-state index contributed by atoms with van der Waals surface area (Å²) in [7, 11) is 0. The van der Waals surface area contributed by atoms with Gasteiger partial charge < -0.3 is 0 Å². The third kappa shape index (κ3) is 3.00. The van der Waals surface area contributed by atoms with Crippen LogP contribution in [0, 0.1) is 17.8 Å². The van der Waals surface area contributed by atoms with Crippen LogP contribution in [0.4, 0.5) is 0 Å². The Morgan fingerprint density at radius 2 is 1.55 bits per heavy atom. The number of Topliss-reactive ketones (excluding diaryl/α,β-unsaturated/α-hetero) is 2. The van der Waals surface area contributed by atoms with Crippen molar-refractivity contribution in [2.75, 3.05) is 0 Å². The minimum atomic E-state index is -0.414. The molecule has 0 amide bonds. The van der Waals surface area contributed by atoms with Crippen LogP contribution in [-0.4, -0.2) is 11.6 Å². The van der Waals surface area contributed by atoms with Crippen LogP contribution in [0.15, 0.2) is 30.3 Å². The van der Waals surface area contributed by atoms with Crippen molar-refractivity contribution in [2.24, 2.45) is 17.8 Å². The van der Waals surface area contributed by atoms with Crippen molar-refractivity contribution in [2.45, 2.75) is 47.0 Å². The number of rotatable bonds is 3. The molecule has 4 unspecified atom stereocenters. The molecule has 0 aliphatic heterocycles. The van der Waals surface area contributed by atoms with E-state index in [0.29, 0.717) is 0 Å². The van der Waals surface area contributed by atoms with E-state index in [1.54, 1.807) is 6.92 Å². The van der Waals surface area contributed by atoms with Crippen LogP contribution in [0.3, 0.4) is 0 Å². The number of ketones is 2. The molecule has 0 saturated heterocycles. The van der Waals surface area contributed by atoms with E-state index in [0.717, 1.165) is 6.42 Å². The largest absolute Gasteiger partial charge is 0.299 e.